The average molecular weight is 210 g/mol. The fourth-order valence-electron chi connectivity index (χ4n) is 1.81. The fourth-order valence-corrected chi connectivity index (χ4v) is 1.81. The lowest BCUT2D eigenvalue weighted by molar-refractivity contribution is 0.301. The third kappa shape index (κ3) is 1.71. The molecule has 3 nitrogen and oxygen atoms in total. The number of anilines is 2. The molecule has 0 aliphatic carbocycles. The first-order valence-corrected chi connectivity index (χ1v) is 5.08. The lowest BCUT2D eigenvalue weighted by Crippen LogP contribution is -2.38. The van der Waals surface area contributed by atoms with E-state index < -0.39 is 5.82 Å². The molecule has 1 aromatic carbocycles. The second kappa shape index (κ2) is 3.61. The van der Waals surface area contributed by atoms with Gasteiger partial charge in [0.2, 0.25) is 0 Å². The van der Waals surface area contributed by atoms with Crippen LogP contribution in [0.2, 0.25) is 0 Å². The Hall–Kier alpha value is -1.45. The van der Waals surface area contributed by atoms with Crippen molar-refractivity contribution in [3.05, 3.63) is 17.9 Å². The highest BCUT2D eigenvalue weighted by Gasteiger charge is 2.21. The van der Waals surface area contributed by atoms with Crippen molar-refractivity contribution in [2.24, 2.45) is 0 Å². The minimum absolute atomic E-state index is 0.171. The second-order valence-electron chi connectivity index (χ2n) is 3.98. The molecule has 0 saturated heterocycles. The minimum atomic E-state index is -0.417. The van der Waals surface area contributed by atoms with Crippen molar-refractivity contribution in [1.82, 2.24) is 0 Å². The van der Waals surface area contributed by atoms with Crippen molar-refractivity contribution in [3.63, 3.8) is 0 Å². The summed E-state index contributed by atoms with van der Waals surface area (Å²) < 4.78 is 18.6. The predicted octanol–water partition coefficient (Wildman–Crippen LogP) is 2.02. The van der Waals surface area contributed by atoms with Gasteiger partial charge in [-0.2, -0.15) is 0 Å². The molecule has 4 heteroatoms. The number of benzene rings is 1. The van der Waals surface area contributed by atoms with Crippen LogP contribution in [0.15, 0.2) is 12.1 Å². The molecule has 82 valence electrons. The molecule has 2 N–H and O–H groups in total. The maximum absolute atomic E-state index is 13.2. The summed E-state index contributed by atoms with van der Waals surface area (Å²) in [5, 5.41) is 0. The number of nitrogen functional groups attached to an aromatic ring is 1. The molecule has 0 saturated carbocycles. The van der Waals surface area contributed by atoms with Crippen LogP contribution in [-0.4, -0.2) is 19.2 Å². The Morgan fingerprint density at radius 2 is 2.20 bits per heavy atom. The minimum Gasteiger partial charge on any atom is -0.489 e. The van der Waals surface area contributed by atoms with E-state index in [0.29, 0.717) is 18.4 Å². The van der Waals surface area contributed by atoms with Crippen LogP contribution in [0.1, 0.15) is 13.8 Å². The van der Waals surface area contributed by atoms with E-state index in [1.807, 2.05) is 0 Å². The zero-order valence-corrected chi connectivity index (χ0v) is 8.96. The van der Waals surface area contributed by atoms with E-state index in [1.165, 1.54) is 6.07 Å². The first kappa shape index (κ1) is 10.1. The standard InChI is InChI=1S/C11H15FN2O/c1-7(2)14-3-4-15-11-5-8(12)9(13)6-10(11)14/h5-7H,3-4,13H2,1-2H3. The van der Waals surface area contributed by atoms with Gasteiger partial charge in [-0.25, -0.2) is 4.39 Å². The Morgan fingerprint density at radius 3 is 2.87 bits per heavy atom. The van der Waals surface area contributed by atoms with Gasteiger partial charge in [0.1, 0.15) is 18.2 Å². The van der Waals surface area contributed by atoms with Crippen LogP contribution in [0.3, 0.4) is 0 Å². The maximum atomic E-state index is 13.2. The molecule has 0 atom stereocenters. The molecule has 2 rings (SSSR count). The van der Waals surface area contributed by atoms with E-state index in [2.05, 4.69) is 18.7 Å². The molecule has 1 heterocycles. The number of nitrogens with two attached hydrogens (primary N) is 1. The smallest absolute Gasteiger partial charge is 0.149 e. The SMILES string of the molecule is CC(C)N1CCOc2cc(F)c(N)cc21. The zero-order chi connectivity index (χ0) is 11.0. The second-order valence-corrected chi connectivity index (χ2v) is 3.98. The largest absolute Gasteiger partial charge is 0.489 e. The average Bonchev–Trinajstić information content (AvgIpc) is 2.18. The van der Waals surface area contributed by atoms with E-state index in [9.17, 15) is 4.39 Å². The van der Waals surface area contributed by atoms with Gasteiger partial charge in [-0.1, -0.05) is 0 Å². The summed E-state index contributed by atoms with van der Waals surface area (Å²) in [4.78, 5) is 2.16. The number of hydrogen-bond acceptors (Lipinski definition) is 3. The quantitative estimate of drug-likeness (QED) is 0.721. The molecule has 0 fully saturated rings. The highest BCUT2D eigenvalue weighted by Crippen LogP contribution is 2.35. The summed E-state index contributed by atoms with van der Waals surface area (Å²) in [6.45, 7) is 5.59. The third-order valence-corrected chi connectivity index (χ3v) is 2.60. The number of halogens is 1. The molecule has 1 aromatic rings. The topological polar surface area (TPSA) is 38.5 Å². The number of rotatable bonds is 1. The molecule has 1 aliphatic rings. The molecule has 0 bridgehead atoms. The Bertz CT molecular complexity index is 379. The summed E-state index contributed by atoms with van der Waals surface area (Å²) >= 11 is 0. The van der Waals surface area contributed by atoms with E-state index in [-0.39, 0.29) is 5.69 Å². The van der Waals surface area contributed by atoms with Gasteiger partial charge in [0.15, 0.2) is 0 Å². The van der Waals surface area contributed by atoms with Gasteiger partial charge in [0, 0.05) is 12.1 Å². The molecule has 0 spiro atoms. The van der Waals surface area contributed by atoms with Crippen LogP contribution in [-0.2, 0) is 0 Å². The Morgan fingerprint density at radius 1 is 1.47 bits per heavy atom. The van der Waals surface area contributed by atoms with Crippen LogP contribution >= 0.6 is 0 Å². The van der Waals surface area contributed by atoms with Crippen LogP contribution in [0.25, 0.3) is 0 Å². The molecular weight excluding hydrogens is 195 g/mol. The highest BCUT2D eigenvalue weighted by atomic mass is 19.1. The first-order chi connectivity index (χ1) is 7.09. The van der Waals surface area contributed by atoms with Gasteiger partial charge in [0.05, 0.1) is 17.9 Å². The Kier molecular flexibility index (Phi) is 2.42. The highest BCUT2D eigenvalue weighted by molar-refractivity contribution is 5.66. The van der Waals surface area contributed by atoms with Crippen molar-refractivity contribution in [2.75, 3.05) is 23.8 Å². The first-order valence-electron chi connectivity index (χ1n) is 5.08. The van der Waals surface area contributed by atoms with Crippen LogP contribution in [0.4, 0.5) is 15.8 Å². The van der Waals surface area contributed by atoms with Gasteiger partial charge in [-0.3, -0.25) is 0 Å². The van der Waals surface area contributed by atoms with Crippen LogP contribution in [0.5, 0.6) is 5.75 Å². The molecule has 15 heavy (non-hydrogen) atoms. The number of nitrogens with zero attached hydrogens (tertiary/aromatic N) is 1. The summed E-state index contributed by atoms with van der Waals surface area (Å²) in [7, 11) is 0. The fraction of sp³-hybridized carbons (Fsp3) is 0.455. The number of hydrogen-bond donors (Lipinski definition) is 1. The van der Waals surface area contributed by atoms with Gasteiger partial charge in [-0.15, -0.1) is 0 Å². The van der Waals surface area contributed by atoms with E-state index in [1.54, 1.807) is 6.07 Å². The molecule has 1 aliphatic heterocycles. The summed E-state index contributed by atoms with van der Waals surface area (Å²) in [5.41, 5.74) is 6.60. The van der Waals surface area contributed by atoms with E-state index in [4.69, 9.17) is 10.5 Å². The maximum Gasteiger partial charge on any atom is 0.149 e. The normalized spacial score (nSPS) is 15.1. The monoisotopic (exact) mass is 210 g/mol. The van der Waals surface area contributed by atoms with Crippen LogP contribution < -0.4 is 15.4 Å². The summed E-state index contributed by atoms with van der Waals surface area (Å²) in [5.74, 6) is 0.168. The van der Waals surface area contributed by atoms with Gasteiger partial charge < -0.3 is 15.4 Å². The molecular formula is C11H15FN2O. The van der Waals surface area contributed by atoms with Gasteiger partial charge in [-0.05, 0) is 19.9 Å². The lowest BCUT2D eigenvalue weighted by Gasteiger charge is -2.34. The zero-order valence-electron chi connectivity index (χ0n) is 8.96. The van der Waals surface area contributed by atoms with E-state index >= 15 is 0 Å². The number of ether oxygens (including phenoxy) is 1. The molecule has 0 unspecified atom stereocenters. The van der Waals surface area contributed by atoms with E-state index in [0.717, 1.165) is 12.2 Å². The number of fused-ring (bicyclic) bond motifs is 1. The summed E-state index contributed by atoms with van der Waals surface area (Å²) in [6.07, 6.45) is 0. The molecule has 0 aromatic heterocycles. The van der Waals surface area contributed by atoms with Gasteiger partial charge in [0.25, 0.3) is 0 Å². The van der Waals surface area contributed by atoms with Crippen molar-refractivity contribution < 1.29 is 9.13 Å². The van der Waals surface area contributed by atoms with Crippen molar-refractivity contribution in [2.45, 2.75) is 19.9 Å². The van der Waals surface area contributed by atoms with Crippen molar-refractivity contribution in [3.8, 4) is 5.75 Å². The Labute approximate surface area is 88.6 Å². The van der Waals surface area contributed by atoms with Gasteiger partial charge >= 0.3 is 0 Å². The molecule has 0 amide bonds. The lowest BCUT2D eigenvalue weighted by atomic mass is 10.1. The van der Waals surface area contributed by atoms with Crippen LogP contribution in [0, 0.1) is 5.82 Å². The molecule has 0 radical (unpaired) electrons. The Balaban J connectivity index is 2.47. The van der Waals surface area contributed by atoms with Crippen molar-refractivity contribution >= 4 is 11.4 Å². The third-order valence-electron chi connectivity index (χ3n) is 2.60. The summed E-state index contributed by atoms with van der Waals surface area (Å²) in [6, 6.07) is 3.36. The van der Waals surface area contributed by atoms with Crippen molar-refractivity contribution in [1.29, 1.82) is 0 Å². The predicted molar refractivity (Wildman–Crippen MR) is 58.8 cm³/mol.